The molecule has 1 aromatic carbocycles. The molecule has 1 aromatic rings. The van der Waals surface area contributed by atoms with Crippen molar-refractivity contribution in [2.24, 2.45) is 0 Å². The van der Waals surface area contributed by atoms with Crippen molar-refractivity contribution in [1.82, 2.24) is 5.32 Å². The minimum atomic E-state index is -1.16. The summed E-state index contributed by atoms with van der Waals surface area (Å²) in [5.74, 6) is -0.710. The fourth-order valence-electron chi connectivity index (χ4n) is 2.14. The first-order valence-electron chi connectivity index (χ1n) is 8.34. The van der Waals surface area contributed by atoms with E-state index in [2.05, 4.69) is 21.2 Å². The van der Waals surface area contributed by atoms with Gasteiger partial charge in [-0.3, -0.25) is 10.1 Å². The first-order chi connectivity index (χ1) is 12.2. The summed E-state index contributed by atoms with van der Waals surface area (Å²) in [5.41, 5.74) is -1.44. The number of hydrogen-bond donors (Lipinski definition) is 1. The fourth-order valence-corrected chi connectivity index (χ4v) is 2.66. The number of nitrogens with one attached hydrogen (secondary N) is 1. The Morgan fingerprint density at radius 3 is 2.19 bits per heavy atom. The molecule has 0 spiro atoms. The van der Waals surface area contributed by atoms with E-state index >= 15 is 0 Å². The predicted octanol–water partition coefficient (Wildman–Crippen LogP) is 4.13. The van der Waals surface area contributed by atoms with E-state index < -0.39 is 34.2 Å². The zero-order valence-corrected chi connectivity index (χ0v) is 17.9. The Hall–Kier alpha value is -2.16. The number of hydrogen-bond acceptors (Lipinski definition) is 6. The van der Waals surface area contributed by atoms with Gasteiger partial charge in [-0.1, -0.05) is 22.0 Å². The van der Waals surface area contributed by atoms with Gasteiger partial charge in [-0.05, 0) is 47.6 Å². The summed E-state index contributed by atoms with van der Waals surface area (Å²) in [4.78, 5) is 35.5. The number of nitrogens with zero attached hydrogens (tertiary/aromatic N) is 1. The summed E-state index contributed by atoms with van der Waals surface area (Å²) in [6, 6.07) is 3.33. The minimum Gasteiger partial charge on any atom is -0.458 e. The average molecular weight is 445 g/mol. The van der Waals surface area contributed by atoms with E-state index in [9.17, 15) is 19.7 Å². The standard InChI is InChI=1S/C18H25BrN2O6/c1-17(2,3)26-15(22)13(20-16(23)27-18(4,5)6)10-11-12(19)8-7-9-14(11)21(24)25/h7-9,13H,10H2,1-6H3,(H,20,23). The maximum atomic E-state index is 12.6. The van der Waals surface area contributed by atoms with Crippen LogP contribution in [0.3, 0.4) is 0 Å². The largest absolute Gasteiger partial charge is 0.458 e. The lowest BCUT2D eigenvalue weighted by molar-refractivity contribution is -0.385. The topological polar surface area (TPSA) is 108 Å². The van der Waals surface area contributed by atoms with Gasteiger partial charge in [-0.25, -0.2) is 9.59 Å². The SMILES string of the molecule is CC(C)(C)OC(=O)NC(Cc1c(Br)cccc1[N+](=O)[O-])C(=O)OC(C)(C)C. The Bertz CT molecular complexity index is 722. The Balaban J connectivity index is 3.17. The van der Waals surface area contributed by atoms with E-state index in [0.717, 1.165) is 0 Å². The Morgan fingerprint density at radius 1 is 1.15 bits per heavy atom. The van der Waals surface area contributed by atoms with Crippen molar-refractivity contribution in [3.8, 4) is 0 Å². The second kappa shape index (κ2) is 8.69. The maximum Gasteiger partial charge on any atom is 0.408 e. The molecule has 0 aliphatic rings. The van der Waals surface area contributed by atoms with Gasteiger partial charge >= 0.3 is 12.1 Å². The van der Waals surface area contributed by atoms with Crippen molar-refractivity contribution in [3.05, 3.63) is 38.3 Å². The van der Waals surface area contributed by atoms with Crippen LogP contribution in [-0.2, 0) is 20.7 Å². The third kappa shape index (κ3) is 7.94. The predicted molar refractivity (Wildman–Crippen MR) is 104 cm³/mol. The lowest BCUT2D eigenvalue weighted by Crippen LogP contribution is -2.47. The van der Waals surface area contributed by atoms with Crippen molar-refractivity contribution in [3.63, 3.8) is 0 Å². The second-order valence-corrected chi connectivity index (χ2v) is 8.79. The van der Waals surface area contributed by atoms with Crippen LogP contribution in [0.4, 0.5) is 10.5 Å². The highest BCUT2D eigenvalue weighted by Crippen LogP contribution is 2.28. The molecule has 0 radical (unpaired) electrons. The molecule has 0 aromatic heterocycles. The molecule has 9 heteroatoms. The summed E-state index contributed by atoms with van der Waals surface area (Å²) in [6.07, 6.45) is -0.945. The zero-order chi connectivity index (χ0) is 21.0. The van der Waals surface area contributed by atoms with Gasteiger partial charge in [0, 0.05) is 22.5 Å². The molecular weight excluding hydrogens is 420 g/mol. The summed E-state index contributed by atoms with van der Waals surface area (Å²) >= 11 is 3.27. The molecule has 0 saturated heterocycles. The molecular formula is C18H25BrN2O6. The quantitative estimate of drug-likeness (QED) is 0.415. The smallest absolute Gasteiger partial charge is 0.408 e. The molecule has 0 aliphatic carbocycles. The van der Waals surface area contributed by atoms with Crippen molar-refractivity contribution in [1.29, 1.82) is 0 Å². The second-order valence-electron chi connectivity index (χ2n) is 7.93. The number of halogens is 1. The molecule has 1 amide bonds. The van der Waals surface area contributed by atoms with Gasteiger partial charge in [0.1, 0.15) is 17.2 Å². The minimum absolute atomic E-state index is 0.133. The van der Waals surface area contributed by atoms with E-state index in [4.69, 9.17) is 9.47 Å². The number of amides is 1. The van der Waals surface area contributed by atoms with Crippen LogP contribution in [0.2, 0.25) is 0 Å². The van der Waals surface area contributed by atoms with Crippen molar-refractivity contribution in [2.45, 2.75) is 65.2 Å². The van der Waals surface area contributed by atoms with Crippen LogP contribution in [0.25, 0.3) is 0 Å². The molecule has 1 atom stereocenters. The van der Waals surface area contributed by atoms with Crippen molar-refractivity contribution in [2.75, 3.05) is 0 Å². The Morgan fingerprint density at radius 2 is 1.70 bits per heavy atom. The van der Waals surface area contributed by atoms with E-state index in [1.807, 2.05) is 0 Å². The van der Waals surface area contributed by atoms with Crippen molar-refractivity contribution < 1.29 is 24.0 Å². The molecule has 1 rings (SSSR count). The van der Waals surface area contributed by atoms with Crippen LogP contribution >= 0.6 is 15.9 Å². The highest BCUT2D eigenvalue weighted by molar-refractivity contribution is 9.10. The summed E-state index contributed by atoms with van der Waals surface area (Å²) in [5, 5.41) is 13.8. The molecule has 1 N–H and O–H groups in total. The molecule has 8 nitrogen and oxygen atoms in total. The molecule has 0 bridgehead atoms. The van der Waals surface area contributed by atoms with Gasteiger partial charge in [0.25, 0.3) is 5.69 Å². The number of ether oxygens (including phenoxy) is 2. The first-order valence-corrected chi connectivity index (χ1v) is 9.13. The lowest BCUT2D eigenvalue weighted by Gasteiger charge is -2.26. The van der Waals surface area contributed by atoms with Crippen LogP contribution in [0.5, 0.6) is 0 Å². The van der Waals surface area contributed by atoms with Gasteiger partial charge in [0.15, 0.2) is 0 Å². The van der Waals surface area contributed by atoms with E-state index in [1.54, 1.807) is 47.6 Å². The third-order valence-electron chi connectivity index (χ3n) is 3.08. The average Bonchev–Trinajstić information content (AvgIpc) is 2.44. The summed E-state index contributed by atoms with van der Waals surface area (Å²) in [7, 11) is 0. The van der Waals surface area contributed by atoms with Gasteiger partial charge in [0.05, 0.1) is 4.92 Å². The van der Waals surface area contributed by atoms with Crippen LogP contribution in [-0.4, -0.2) is 34.2 Å². The van der Waals surface area contributed by atoms with Crippen molar-refractivity contribution >= 4 is 33.7 Å². The van der Waals surface area contributed by atoms with Gasteiger partial charge < -0.3 is 14.8 Å². The molecule has 1 unspecified atom stereocenters. The van der Waals surface area contributed by atoms with E-state index in [0.29, 0.717) is 4.47 Å². The normalized spacial score (nSPS) is 12.9. The number of carbonyl (C=O) groups is 2. The molecule has 0 saturated carbocycles. The lowest BCUT2D eigenvalue weighted by atomic mass is 10.0. The van der Waals surface area contributed by atoms with Gasteiger partial charge in [-0.2, -0.15) is 0 Å². The van der Waals surface area contributed by atoms with Crippen LogP contribution in [0.1, 0.15) is 47.1 Å². The van der Waals surface area contributed by atoms with E-state index in [-0.39, 0.29) is 17.7 Å². The highest BCUT2D eigenvalue weighted by atomic mass is 79.9. The number of nitro groups is 1. The zero-order valence-electron chi connectivity index (χ0n) is 16.3. The number of nitro benzene ring substituents is 1. The summed E-state index contributed by atoms with van der Waals surface area (Å²) in [6.45, 7) is 10.1. The molecule has 27 heavy (non-hydrogen) atoms. The van der Waals surface area contributed by atoms with Gasteiger partial charge in [-0.15, -0.1) is 0 Å². The Kier molecular flexibility index (Phi) is 7.36. The van der Waals surface area contributed by atoms with Gasteiger partial charge in [0.2, 0.25) is 0 Å². The number of esters is 1. The third-order valence-corrected chi connectivity index (χ3v) is 3.82. The number of rotatable bonds is 5. The molecule has 0 heterocycles. The number of benzene rings is 1. The monoisotopic (exact) mass is 444 g/mol. The first kappa shape index (κ1) is 22.9. The van der Waals surface area contributed by atoms with Crippen LogP contribution in [0.15, 0.2) is 22.7 Å². The number of carbonyl (C=O) groups excluding carboxylic acids is 2. The van der Waals surface area contributed by atoms with Crippen LogP contribution < -0.4 is 5.32 Å². The van der Waals surface area contributed by atoms with Crippen LogP contribution in [0, 0.1) is 10.1 Å². The molecule has 0 fully saturated rings. The number of alkyl carbamates (subject to hydrolysis) is 1. The highest BCUT2D eigenvalue weighted by Gasteiger charge is 2.31. The maximum absolute atomic E-state index is 12.6. The Labute approximate surface area is 166 Å². The van der Waals surface area contributed by atoms with E-state index in [1.165, 1.54) is 12.1 Å². The fraction of sp³-hybridized carbons (Fsp3) is 0.556. The molecule has 0 aliphatic heterocycles. The summed E-state index contributed by atoms with van der Waals surface area (Å²) < 4.78 is 11.0. The molecule has 150 valence electrons.